The summed E-state index contributed by atoms with van der Waals surface area (Å²) < 4.78 is 71.6. The van der Waals surface area contributed by atoms with Crippen molar-refractivity contribution in [2.24, 2.45) is 0 Å². The second-order valence-corrected chi connectivity index (χ2v) is 7.49. The van der Waals surface area contributed by atoms with Gasteiger partial charge in [0.1, 0.15) is 0 Å². The summed E-state index contributed by atoms with van der Waals surface area (Å²) in [6, 6.07) is 1.36. The topological polar surface area (TPSA) is 75.6 Å². The number of halogens is 5. The average Bonchev–Trinajstić information content (AvgIpc) is 3.10. The second-order valence-electron chi connectivity index (χ2n) is 7.49. The molecule has 0 saturated carbocycles. The van der Waals surface area contributed by atoms with Crippen molar-refractivity contribution in [1.29, 1.82) is 0 Å². The van der Waals surface area contributed by atoms with Crippen molar-refractivity contribution in [1.82, 2.24) is 19.8 Å². The molecule has 3 heterocycles. The zero-order chi connectivity index (χ0) is 22.2. The Morgan fingerprint density at radius 3 is 2.23 bits per heavy atom. The van der Waals surface area contributed by atoms with Gasteiger partial charge in [0, 0.05) is 37.6 Å². The van der Waals surface area contributed by atoms with E-state index in [0.717, 1.165) is 29.1 Å². The third kappa shape index (κ3) is 4.17. The molecule has 2 amide bonds. The van der Waals surface area contributed by atoms with Crippen LogP contribution in [-0.2, 0) is 15.5 Å². The highest BCUT2D eigenvalue weighted by Gasteiger charge is 2.55. The Bertz CT molecular complexity index is 782. The minimum Gasteiger partial charge on any atom is -0.437 e. The van der Waals surface area contributed by atoms with Crippen LogP contribution in [0.25, 0.3) is 0 Å². The van der Waals surface area contributed by atoms with Crippen LogP contribution >= 0.6 is 0 Å². The lowest BCUT2D eigenvalue weighted by atomic mass is 9.84. The molecule has 2 aliphatic heterocycles. The van der Waals surface area contributed by atoms with E-state index in [2.05, 4.69) is 14.7 Å². The van der Waals surface area contributed by atoms with Crippen LogP contribution in [0.2, 0.25) is 0 Å². The van der Waals surface area contributed by atoms with E-state index < -0.39 is 41.6 Å². The third-order valence-corrected chi connectivity index (χ3v) is 5.65. The van der Waals surface area contributed by atoms with Crippen molar-refractivity contribution in [3.05, 3.63) is 24.3 Å². The number of rotatable bonds is 3. The van der Waals surface area contributed by atoms with E-state index in [4.69, 9.17) is 0 Å². The number of carbonyl (C=O) groups excluding carboxylic acids is 2. The number of hydrogen-bond donors (Lipinski definition) is 0. The number of ether oxygens (including phenoxy) is 1. The molecule has 0 aliphatic carbocycles. The van der Waals surface area contributed by atoms with Crippen LogP contribution in [0.3, 0.4) is 0 Å². The summed E-state index contributed by atoms with van der Waals surface area (Å²) in [6.07, 6.45) is -4.50. The van der Waals surface area contributed by atoms with Gasteiger partial charge in [-0.1, -0.05) is 0 Å². The molecule has 2 saturated heterocycles. The number of likely N-dealkylation sites (tertiary alicyclic amines) is 2. The molecule has 30 heavy (non-hydrogen) atoms. The number of aromatic nitrogens is 2. The van der Waals surface area contributed by atoms with Crippen molar-refractivity contribution in [2.75, 3.05) is 19.6 Å². The van der Waals surface area contributed by atoms with Gasteiger partial charge >= 0.3 is 24.1 Å². The van der Waals surface area contributed by atoms with Crippen LogP contribution in [0.4, 0.5) is 26.7 Å². The molecule has 166 valence electrons. The highest BCUT2D eigenvalue weighted by molar-refractivity contribution is 5.85. The molecule has 1 atom stereocenters. The molecular weight excluding hydrogens is 415 g/mol. The van der Waals surface area contributed by atoms with Gasteiger partial charge < -0.3 is 14.5 Å². The molecule has 1 unspecified atom stereocenters. The molecular formula is C18H21F5N4O3. The minimum absolute atomic E-state index is 0.000594. The van der Waals surface area contributed by atoms with Crippen molar-refractivity contribution in [3.8, 4) is 0 Å². The van der Waals surface area contributed by atoms with Crippen LogP contribution < -0.4 is 0 Å². The van der Waals surface area contributed by atoms with Gasteiger partial charge in [-0.15, -0.1) is 0 Å². The first kappa shape index (κ1) is 22.2. The molecule has 1 aromatic rings. The summed E-state index contributed by atoms with van der Waals surface area (Å²) >= 11 is 0. The van der Waals surface area contributed by atoms with Crippen LogP contribution in [0.15, 0.2) is 18.5 Å². The first-order chi connectivity index (χ1) is 14.0. The van der Waals surface area contributed by atoms with Crippen LogP contribution in [0, 0.1) is 0 Å². The van der Waals surface area contributed by atoms with Crippen molar-refractivity contribution >= 4 is 12.0 Å². The Balaban J connectivity index is 1.68. The molecule has 2 fully saturated rings. The van der Waals surface area contributed by atoms with E-state index in [9.17, 15) is 31.5 Å². The third-order valence-electron chi connectivity index (χ3n) is 5.65. The minimum atomic E-state index is -4.67. The molecule has 0 aromatic carbocycles. The molecule has 12 heteroatoms. The fourth-order valence-corrected chi connectivity index (χ4v) is 3.90. The lowest BCUT2D eigenvalue weighted by molar-refractivity contribution is -0.200. The molecule has 2 aliphatic rings. The summed E-state index contributed by atoms with van der Waals surface area (Å²) in [5.74, 6) is -6.20. The van der Waals surface area contributed by atoms with E-state index in [1.165, 1.54) is 6.07 Å². The average molecular weight is 436 g/mol. The largest absolute Gasteiger partial charge is 0.437 e. The summed E-state index contributed by atoms with van der Waals surface area (Å²) in [6.45, 7) is 0.854. The fourth-order valence-electron chi connectivity index (χ4n) is 3.90. The van der Waals surface area contributed by atoms with Gasteiger partial charge in [0.25, 0.3) is 0 Å². The van der Waals surface area contributed by atoms with Crippen LogP contribution in [0.5, 0.6) is 0 Å². The molecule has 0 radical (unpaired) electrons. The summed E-state index contributed by atoms with van der Waals surface area (Å²) in [5.41, 5.74) is -0.887. The highest BCUT2D eigenvalue weighted by atomic mass is 19.4. The molecule has 0 N–H and O–H groups in total. The van der Waals surface area contributed by atoms with Gasteiger partial charge in [0.2, 0.25) is 5.82 Å². The standard InChI is InChI=1S/C18H21F5N4O3/c1-12(18(21,22)23)30-15(29)26-10-5-16(6-11-26)4-2-9-27(16)14(28)17(19,20)13-24-7-3-8-25-13/h3,7-8,12H,2,4-6,9-11H2,1H3. The lowest BCUT2D eigenvalue weighted by Gasteiger charge is -2.45. The van der Waals surface area contributed by atoms with Gasteiger partial charge in [0.05, 0.1) is 0 Å². The quantitative estimate of drug-likeness (QED) is 0.681. The van der Waals surface area contributed by atoms with Gasteiger partial charge in [-0.05, 0) is 38.7 Å². The zero-order valence-corrected chi connectivity index (χ0v) is 16.2. The second kappa shape index (κ2) is 7.95. The monoisotopic (exact) mass is 436 g/mol. The molecule has 1 spiro atoms. The van der Waals surface area contributed by atoms with E-state index in [1.807, 2.05) is 0 Å². The maximum absolute atomic E-state index is 14.7. The van der Waals surface area contributed by atoms with E-state index in [0.29, 0.717) is 12.8 Å². The molecule has 7 nitrogen and oxygen atoms in total. The van der Waals surface area contributed by atoms with Crippen molar-refractivity contribution < 1.29 is 36.3 Å². The Kier molecular flexibility index (Phi) is 5.87. The lowest BCUT2D eigenvalue weighted by Crippen LogP contribution is -2.58. The first-order valence-electron chi connectivity index (χ1n) is 9.47. The molecule has 3 rings (SSSR count). The number of piperidine rings is 1. The summed E-state index contributed by atoms with van der Waals surface area (Å²) in [4.78, 5) is 33.9. The van der Waals surface area contributed by atoms with Crippen LogP contribution in [-0.4, -0.2) is 69.2 Å². The normalized spacial score (nSPS) is 20.3. The Labute approximate surface area is 169 Å². The predicted octanol–water partition coefficient (Wildman–Crippen LogP) is 3.11. The van der Waals surface area contributed by atoms with E-state index in [1.54, 1.807) is 0 Å². The van der Waals surface area contributed by atoms with Gasteiger partial charge in [0.15, 0.2) is 6.10 Å². The van der Waals surface area contributed by atoms with Gasteiger partial charge in [-0.25, -0.2) is 14.8 Å². The number of hydrogen-bond acceptors (Lipinski definition) is 5. The summed E-state index contributed by atoms with van der Waals surface area (Å²) in [7, 11) is 0. The fraction of sp³-hybridized carbons (Fsp3) is 0.667. The zero-order valence-electron chi connectivity index (χ0n) is 16.2. The smallest absolute Gasteiger partial charge is 0.425 e. The molecule has 0 bridgehead atoms. The summed E-state index contributed by atoms with van der Waals surface area (Å²) in [5, 5.41) is 0. The van der Waals surface area contributed by atoms with E-state index in [-0.39, 0.29) is 32.5 Å². The van der Waals surface area contributed by atoms with Crippen molar-refractivity contribution in [2.45, 2.75) is 56.3 Å². The number of carbonyl (C=O) groups is 2. The number of nitrogens with zero attached hydrogens (tertiary/aromatic N) is 4. The molecule has 1 aromatic heterocycles. The SMILES string of the molecule is CC(OC(=O)N1CCC2(CCCN2C(=O)C(F)(F)c2ncccn2)CC1)C(F)(F)F. The predicted molar refractivity (Wildman–Crippen MR) is 92.4 cm³/mol. The van der Waals surface area contributed by atoms with Crippen LogP contribution in [0.1, 0.15) is 38.4 Å². The number of alkyl halides is 5. The Morgan fingerprint density at radius 2 is 1.67 bits per heavy atom. The number of amides is 2. The maximum Gasteiger partial charge on any atom is 0.425 e. The van der Waals surface area contributed by atoms with E-state index >= 15 is 0 Å². The van der Waals surface area contributed by atoms with Crippen molar-refractivity contribution in [3.63, 3.8) is 0 Å². The highest BCUT2D eigenvalue weighted by Crippen LogP contribution is 2.42. The van der Waals surface area contributed by atoms with Gasteiger partial charge in [-0.3, -0.25) is 4.79 Å². The Morgan fingerprint density at radius 1 is 1.07 bits per heavy atom. The Hall–Kier alpha value is -2.53. The van der Waals surface area contributed by atoms with Gasteiger partial charge in [-0.2, -0.15) is 22.0 Å². The maximum atomic E-state index is 14.7. The first-order valence-corrected chi connectivity index (χ1v) is 9.47.